The second kappa shape index (κ2) is 10.1. The van der Waals surface area contributed by atoms with Gasteiger partial charge >= 0.3 is 0 Å². The van der Waals surface area contributed by atoms with Gasteiger partial charge in [-0.1, -0.05) is 24.5 Å². The number of imidazole rings is 1. The molecule has 4 N–H and O–H groups in total. The van der Waals surface area contributed by atoms with E-state index in [4.69, 9.17) is 5.73 Å². The van der Waals surface area contributed by atoms with Crippen LogP contribution in [0.1, 0.15) is 44.9 Å². The highest BCUT2D eigenvalue weighted by molar-refractivity contribution is 5.88. The second-order valence-electron chi connectivity index (χ2n) is 7.93. The lowest BCUT2D eigenvalue weighted by molar-refractivity contribution is -0.121. The lowest BCUT2D eigenvalue weighted by Crippen LogP contribution is -2.29. The zero-order valence-electron chi connectivity index (χ0n) is 18.3. The van der Waals surface area contributed by atoms with Crippen molar-refractivity contribution in [1.82, 2.24) is 24.8 Å². The summed E-state index contributed by atoms with van der Waals surface area (Å²) < 4.78 is 15.4. The lowest BCUT2D eigenvalue weighted by Gasteiger charge is -2.26. The van der Waals surface area contributed by atoms with Crippen LogP contribution >= 0.6 is 12.4 Å². The Kier molecular flexibility index (Phi) is 7.51. The minimum atomic E-state index is -1.06. The third-order valence-corrected chi connectivity index (χ3v) is 5.47. The van der Waals surface area contributed by atoms with E-state index in [0.29, 0.717) is 41.9 Å². The molecule has 33 heavy (non-hydrogen) atoms. The van der Waals surface area contributed by atoms with Gasteiger partial charge in [0.05, 0.1) is 0 Å². The molecule has 2 heterocycles. The van der Waals surface area contributed by atoms with Crippen molar-refractivity contribution >= 4 is 35.3 Å². The average Bonchev–Trinajstić information content (AvgIpc) is 3.12. The number of nitrogen functional groups attached to an aromatic ring is 1. The number of nitrogens with zero attached hydrogens (tertiary/aromatic N) is 4. The number of amides is 1. The number of carbonyl (C=O) groups excluding carboxylic acids is 1. The van der Waals surface area contributed by atoms with Crippen molar-refractivity contribution in [2.75, 3.05) is 12.3 Å². The van der Waals surface area contributed by atoms with E-state index in [0.717, 1.165) is 19.3 Å². The molecule has 1 aliphatic carbocycles. The molecule has 0 spiro atoms. The normalized spacial score (nSPS) is 14.8. The van der Waals surface area contributed by atoms with Gasteiger partial charge in [0, 0.05) is 12.1 Å². The van der Waals surface area contributed by atoms with Crippen molar-refractivity contribution in [2.45, 2.75) is 51.2 Å². The van der Waals surface area contributed by atoms with Gasteiger partial charge < -0.3 is 16.2 Å². The number of halogens is 2. The van der Waals surface area contributed by atoms with Crippen LogP contribution in [-0.2, 0) is 11.3 Å². The first kappa shape index (κ1) is 24.4. The van der Waals surface area contributed by atoms with E-state index in [1.54, 1.807) is 16.7 Å². The van der Waals surface area contributed by atoms with Crippen molar-refractivity contribution in [3.63, 3.8) is 0 Å². The molecule has 1 amide bonds. The van der Waals surface area contributed by atoms with E-state index in [2.05, 4.69) is 32.1 Å². The fourth-order valence-corrected chi connectivity index (χ4v) is 3.91. The van der Waals surface area contributed by atoms with Gasteiger partial charge in [0.2, 0.25) is 11.7 Å². The molecule has 0 bridgehead atoms. The molecule has 0 saturated heterocycles. The Morgan fingerprint density at radius 3 is 2.73 bits per heavy atom. The molecule has 2 aromatic heterocycles. The van der Waals surface area contributed by atoms with Crippen LogP contribution in [0.5, 0.6) is 0 Å². The summed E-state index contributed by atoms with van der Waals surface area (Å²) in [6, 6.07) is 5.93. The molecule has 1 aliphatic rings. The number of likely N-dealkylation sites (N-methyl/N-ethyl adjacent to an activating group) is 1. The Labute approximate surface area is 197 Å². The number of aliphatic hydroxyl groups is 1. The third kappa shape index (κ3) is 5.41. The molecule has 3 aromatic rings. The molecular weight excluding hydrogens is 447 g/mol. The first-order valence-electron chi connectivity index (χ1n) is 10.7. The zero-order chi connectivity index (χ0) is 22.7. The fraction of sp³-hybridized carbons (Fsp3) is 0.391. The van der Waals surface area contributed by atoms with E-state index in [1.165, 1.54) is 12.1 Å². The van der Waals surface area contributed by atoms with E-state index in [1.807, 2.05) is 6.92 Å². The number of benzene rings is 1. The maximum atomic E-state index is 13.9. The maximum Gasteiger partial charge on any atom is 0.240 e. The molecule has 1 saturated carbocycles. The van der Waals surface area contributed by atoms with Gasteiger partial charge in [0.25, 0.3) is 0 Å². The predicted molar refractivity (Wildman–Crippen MR) is 126 cm³/mol. The zero-order valence-corrected chi connectivity index (χ0v) is 19.1. The van der Waals surface area contributed by atoms with E-state index in [9.17, 15) is 14.3 Å². The monoisotopic (exact) mass is 472 g/mol. The van der Waals surface area contributed by atoms with E-state index in [-0.39, 0.29) is 36.5 Å². The molecule has 0 atom stereocenters. The van der Waals surface area contributed by atoms with Crippen molar-refractivity contribution in [2.24, 2.45) is 0 Å². The minimum absolute atomic E-state index is 0. The van der Waals surface area contributed by atoms with Crippen LogP contribution in [0.25, 0.3) is 22.6 Å². The van der Waals surface area contributed by atoms with Crippen molar-refractivity contribution in [3.8, 4) is 23.2 Å². The number of nitrogens with one attached hydrogen (secondary N) is 1. The molecule has 4 rings (SSSR count). The number of hydrogen-bond donors (Lipinski definition) is 3. The highest BCUT2D eigenvalue weighted by Gasteiger charge is 2.27. The first-order valence-corrected chi connectivity index (χ1v) is 10.7. The highest BCUT2D eigenvalue weighted by Crippen LogP contribution is 2.28. The molecule has 0 unspecified atom stereocenters. The summed E-state index contributed by atoms with van der Waals surface area (Å²) in [4.78, 5) is 25.6. The molecule has 174 valence electrons. The molecule has 1 aromatic carbocycles. The smallest absolute Gasteiger partial charge is 0.240 e. The number of aromatic nitrogens is 4. The van der Waals surface area contributed by atoms with Crippen molar-refractivity contribution in [1.29, 1.82) is 0 Å². The molecule has 0 aliphatic heterocycles. The number of nitrogens with two attached hydrogens (primary N) is 1. The summed E-state index contributed by atoms with van der Waals surface area (Å²) in [5.74, 6) is 5.66. The number of fused-ring (bicyclic) bond motifs is 1. The van der Waals surface area contributed by atoms with Gasteiger partial charge in [0.1, 0.15) is 23.8 Å². The summed E-state index contributed by atoms with van der Waals surface area (Å²) in [6.45, 7) is 2.21. The average molecular weight is 473 g/mol. The molecule has 8 nitrogen and oxygen atoms in total. The van der Waals surface area contributed by atoms with Gasteiger partial charge in [-0.05, 0) is 50.7 Å². The highest BCUT2D eigenvalue weighted by atomic mass is 35.5. The molecule has 1 fully saturated rings. The summed E-state index contributed by atoms with van der Waals surface area (Å²) in [5, 5.41) is 13.4. The standard InChI is InChI=1S/C23H25FN6O2.ClH/c1-2-26-18(31)14-30-21(15-7-6-8-16(24)13-15)29-19-20(25)27-17(28-22(19)30)9-12-23(32)10-4-3-5-11-23;/h6-8,13,32H,2-5,10-11,14H2,1H3,(H,26,31)(H2,25,27,28);1H. The van der Waals surface area contributed by atoms with Crippen LogP contribution in [0.15, 0.2) is 24.3 Å². The van der Waals surface area contributed by atoms with Crippen LogP contribution in [0.4, 0.5) is 10.2 Å². The van der Waals surface area contributed by atoms with Crippen LogP contribution in [0.3, 0.4) is 0 Å². The minimum Gasteiger partial charge on any atom is -0.382 e. The Morgan fingerprint density at radius 1 is 1.27 bits per heavy atom. The van der Waals surface area contributed by atoms with E-state index >= 15 is 0 Å². The van der Waals surface area contributed by atoms with Crippen LogP contribution in [0.2, 0.25) is 0 Å². The van der Waals surface area contributed by atoms with E-state index < -0.39 is 11.4 Å². The van der Waals surface area contributed by atoms with Crippen LogP contribution in [-0.4, -0.2) is 42.7 Å². The molecule has 10 heteroatoms. The second-order valence-corrected chi connectivity index (χ2v) is 7.93. The Hall–Kier alpha value is -3.22. The fourth-order valence-electron chi connectivity index (χ4n) is 3.91. The van der Waals surface area contributed by atoms with Crippen LogP contribution in [0, 0.1) is 17.7 Å². The van der Waals surface area contributed by atoms with Gasteiger partial charge in [0.15, 0.2) is 17.0 Å². The topological polar surface area (TPSA) is 119 Å². The maximum absolute atomic E-state index is 13.9. The summed E-state index contributed by atoms with van der Waals surface area (Å²) in [6.07, 6.45) is 4.14. The number of hydrogen-bond acceptors (Lipinski definition) is 6. The largest absolute Gasteiger partial charge is 0.382 e. The quantitative estimate of drug-likeness (QED) is 0.502. The van der Waals surface area contributed by atoms with Gasteiger partial charge in [-0.3, -0.25) is 9.36 Å². The first-order chi connectivity index (χ1) is 15.4. The van der Waals surface area contributed by atoms with Crippen molar-refractivity contribution in [3.05, 3.63) is 35.9 Å². The van der Waals surface area contributed by atoms with Crippen molar-refractivity contribution < 1.29 is 14.3 Å². The lowest BCUT2D eigenvalue weighted by atomic mass is 9.85. The number of carbonyl (C=O) groups is 1. The summed E-state index contributed by atoms with van der Waals surface area (Å²) >= 11 is 0. The summed E-state index contributed by atoms with van der Waals surface area (Å²) in [5.41, 5.74) is 6.20. The summed E-state index contributed by atoms with van der Waals surface area (Å²) in [7, 11) is 0. The van der Waals surface area contributed by atoms with Gasteiger partial charge in [-0.2, -0.15) is 0 Å². The predicted octanol–water partition coefficient (Wildman–Crippen LogP) is 2.82. The molecule has 0 radical (unpaired) electrons. The Balaban J connectivity index is 0.00000306. The number of anilines is 1. The van der Waals surface area contributed by atoms with Gasteiger partial charge in [-0.15, -0.1) is 12.4 Å². The Bertz CT molecular complexity index is 1230. The SMILES string of the molecule is CCNC(=O)Cn1c(-c2cccc(F)c2)nc2c(N)nc(C#CC3(O)CCCCC3)nc21.Cl. The third-order valence-electron chi connectivity index (χ3n) is 5.47. The Morgan fingerprint density at radius 2 is 2.03 bits per heavy atom. The van der Waals surface area contributed by atoms with Crippen LogP contribution < -0.4 is 11.1 Å². The molecular formula is C23H26ClFN6O2. The number of rotatable bonds is 4. The van der Waals surface area contributed by atoms with Gasteiger partial charge in [-0.25, -0.2) is 19.3 Å².